The second kappa shape index (κ2) is 12.7. The van der Waals surface area contributed by atoms with Gasteiger partial charge in [-0.1, -0.05) is 32.6 Å². The van der Waals surface area contributed by atoms with Crippen molar-refractivity contribution < 1.29 is 19.1 Å². The molecule has 2 N–H and O–H groups in total. The maximum atomic E-state index is 12.8. The lowest BCUT2D eigenvalue weighted by atomic mass is 10.0. The topological polar surface area (TPSA) is 123 Å². The van der Waals surface area contributed by atoms with Gasteiger partial charge in [0, 0.05) is 47.7 Å². The first-order chi connectivity index (χ1) is 20.1. The zero-order chi connectivity index (χ0) is 30.6. The number of anilines is 1. The maximum Gasteiger partial charge on any atom is 0.324 e. The van der Waals surface area contributed by atoms with E-state index in [9.17, 15) is 14.9 Å². The smallest absolute Gasteiger partial charge is 0.324 e. The minimum Gasteiger partial charge on any atom is -0.497 e. The highest BCUT2D eigenvalue weighted by atomic mass is 16.6. The largest absolute Gasteiger partial charge is 0.497 e. The third kappa shape index (κ3) is 6.35. The number of hydrogen-bond donors (Lipinski definition) is 1. The van der Waals surface area contributed by atoms with Crippen molar-refractivity contribution in [2.24, 2.45) is 11.7 Å². The van der Waals surface area contributed by atoms with Gasteiger partial charge < -0.3 is 20.1 Å². The van der Waals surface area contributed by atoms with E-state index in [1.54, 1.807) is 50.0 Å². The Balaban J connectivity index is 1.85. The second-order valence-corrected chi connectivity index (χ2v) is 10.5. The Morgan fingerprint density at radius 3 is 2.57 bits per heavy atom. The molecule has 9 nitrogen and oxygen atoms in total. The summed E-state index contributed by atoms with van der Waals surface area (Å²) in [5.74, 6) is 0.0891. The number of carbonyl (C=O) groups excluding carboxylic acids is 2. The second-order valence-electron chi connectivity index (χ2n) is 10.5. The Morgan fingerprint density at radius 2 is 1.90 bits per heavy atom. The number of esters is 1. The van der Waals surface area contributed by atoms with Crippen LogP contribution in [0.1, 0.15) is 39.0 Å². The molecule has 0 fully saturated rings. The van der Waals surface area contributed by atoms with Crippen LogP contribution in [0.5, 0.6) is 5.75 Å². The van der Waals surface area contributed by atoms with E-state index in [0.717, 1.165) is 27.6 Å². The molecule has 4 aromatic rings. The van der Waals surface area contributed by atoms with E-state index >= 15 is 0 Å². The SMILES string of the molecule is C=CC(=O)N(C)c1cc(OC)cc(-c2cnc3c(c2)c(-c2cccc(C#N)c2)cn3C(C)OC(=O)C(N)CC(C)C)c1. The average Bonchev–Trinajstić information content (AvgIpc) is 3.38. The summed E-state index contributed by atoms with van der Waals surface area (Å²) in [5.41, 5.74) is 11.0. The summed E-state index contributed by atoms with van der Waals surface area (Å²) in [7, 11) is 3.23. The molecule has 0 aliphatic heterocycles. The Kier molecular flexibility index (Phi) is 9.09. The molecule has 0 radical (unpaired) electrons. The molecule has 2 unspecified atom stereocenters. The van der Waals surface area contributed by atoms with E-state index in [1.165, 1.54) is 11.0 Å². The molecule has 0 saturated heterocycles. The molecule has 0 saturated carbocycles. The molecular formula is C33H35N5O4. The first kappa shape index (κ1) is 30.0. The number of likely N-dealkylation sites (N-methyl/N-ethyl adjacent to an activating group) is 1. The predicted molar refractivity (Wildman–Crippen MR) is 164 cm³/mol. The molecule has 2 heterocycles. The van der Waals surface area contributed by atoms with Gasteiger partial charge >= 0.3 is 5.97 Å². The van der Waals surface area contributed by atoms with Crippen LogP contribution in [0.25, 0.3) is 33.3 Å². The van der Waals surface area contributed by atoms with E-state index in [-0.39, 0.29) is 11.8 Å². The van der Waals surface area contributed by atoms with E-state index < -0.39 is 18.2 Å². The van der Waals surface area contributed by atoms with Gasteiger partial charge in [0.25, 0.3) is 0 Å². The highest BCUT2D eigenvalue weighted by molar-refractivity contribution is 6.01. The zero-order valence-corrected chi connectivity index (χ0v) is 24.5. The zero-order valence-electron chi connectivity index (χ0n) is 24.5. The van der Waals surface area contributed by atoms with Crippen LogP contribution in [0.3, 0.4) is 0 Å². The highest BCUT2D eigenvalue weighted by Gasteiger charge is 2.23. The third-order valence-electron chi connectivity index (χ3n) is 7.03. The van der Waals surface area contributed by atoms with Gasteiger partial charge in [0.15, 0.2) is 6.23 Å². The molecule has 1 amide bonds. The summed E-state index contributed by atoms with van der Waals surface area (Å²) in [5, 5.41) is 10.3. The monoisotopic (exact) mass is 565 g/mol. The van der Waals surface area contributed by atoms with E-state index in [4.69, 9.17) is 20.2 Å². The van der Waals surface area contributed by atoms with Crippen molar-refractivity contribution in [3.05, 3.63) is 79.1 Å². The van der Waals surface area contributed by atoms with Gasteiger partial charge in [-0.25, -0.2) is 4.98 Å². The molecule has 2 aromatic heterocycles. The number of fused-ring (bicyclic) bond motifs is 1. The van der Waals surface area contributed by atoms with Crippen molar-refractivity contribution in [2.45, 2.75) is 39.5 Å². The summed E-state index contributed by atoms with van der Waals surface area (Å²) in [4.78, 5) is 31.3. The van der Waals surface area contributed by atoms with Gasteiger partial charge in [0.2, 0.25) is 5.91 Å². The molecule has 0 aliphatic rings. The molecule has 0 spiro atoms. The number of nitrogens with two attached hydrogens (primary N) is 1. The van der Waals surface area contributed by atoms with Crippen LogP contribution in [0.2, 0.25) is 0 Å². The van der Waals surface area contributed by atoms with Gasteiger partial charge in [-0.2, -0.15) is 5.26 Å². The maximum absolute atomic E-state index is 12.8. The van der Waals surface area contributed by atoms with Gasteiger partial charge in [0.1, 0.15) is 17.4 Å². The molecule has 0 bridgehead atoms. The number of pyridine rings is 1. The van der Waals surface area contributed by atoms with Crippen molar-refractivity contribution in [3.8, 4) is 34.1 Å². The first-order valence-corrected chi connectivity index (χ1v) is 13.6. The number of methoxy groups -OCH3 is 1. The Bertz CT molecular complexity index is 1680. The number of aromatic nitrogens is 2. The van der Waals surface area contributed by atoms with Crippen molar-refractivity contribution in [1.29, 1.82) is 5.26 Å². The highest BCUT2D eigenvalue weighted by Crippen LogP contribution is 2.37. The third-order valence-corrected chi connectivity index (χ3v) is 7.03. The quantitative estimate of drug-likeness (QED) is 0.189. The molecule has 0 aliphatic carbocycles. The fraction of sp³-hybridized carbons (Fsp3) is 0.273. The number of rotatable bonds is 10. The molecule has 2 atom stereocenters. The summed E-state index contributed by atoms with van der Waals surface area (Å²) < 4.78 is 13.1. The minimum atomic E-state index is -0.728. The van der Waals surface area contributed by atoms with E-state index in [2.05, 4.69) is 12.6 Å². The Labute approximate surface area is 245 Å². The predicted octanol–water partition coefficient (Wildman–Crippen LogP) is 5.83. The molecule has 4 rings (SSSR count). The molecule has 9 heteroatoms. The van der Waals surface area contributed by atoms with Crippen LogP contribution < -0.4 is 15.4 Å². The van der Waals surface area contributed by atoms with Gasteiger partial charge in [-0.3, -0.25) is 14.2 Å². The lowest BCUT2D eigenvalue weighted by Gasteiger charge is -2.19. The first-order valence-electron chi connectivity index (χ1n) is 13.6. The van der Waals surface area contributed by atoms with E-state index in [0.29, 0.717) is 29.1 Å². The molecule has 2 aromatic carbocycles. The number of amides is 1. The lowest BCUT2D eigenvalue weighted by molar-refractivity contribution is -0.154. The van der Waals surface area contributed by atoms with Crippen molar-refractivity contribution >= 4 is 28.6 Å². The fourth-order valence-corrected chi connectivity index (χ4v) is 4.79. The van der Waals surface area contributed by atoms with Crippen LogP contribution in [-0.4, -0.2) is 41.6 Å². The van der Waals surface area contributed by atoms with Crippen LogP contribution in [-0.2, 0) is 14.3 Å². The van der Waals surface area contributed by atoms with Crippen molar-refractivity contribution in [3.63, 3.8) is 0 Å². The summed E-state index contributed by atoms with van der Waals surface area (Å²) in [6, 6.07) is 16.3. The van der Waals surface area contributed by atoms with Crippen molar-refractivity contribution in [2.75, 3.05) is 19.1 Å². The number of nitrogens with zero attached hydrogens (tertiary/aromatic N) is 4. The summed E-state index contributed by atoms with van der Waals surface area (Å²) >= 11 is 0. The standard InChI is InChI=1S/C33H35N5O4/c1-7-31(39)37(5)26-13-24(14-27(16-26)41-6)25-15-28-29(23-10-8-9-22(12-23)17-34)19-38(32(28)36-18-25)21(4)42-33(40)30(35)11-20(2)3/h7-10,12-16,18-21,30H,1,11,35H2,2-6H3. The van der Waals surface area contributed by atoms with Gasteiger partial charge in [0.05, 0.1) is 18.7 Å². The Morgan fingerprint density at radius 1 is 1.14 bits per heavy atom. The van der Waals surface area contributed by atoms with Crippen molar-refractivity contribution in [1.82, 2.24) is 9.55 Å². The van der Waals surface area contributed by atoms with Crippen LogP contribution in [0.15, 0.2) is 73.6 Å². The fourth-order valence-electron chi connectivity index (χ4n) is 4.79. The van der Waals surface area contributed by atoms with Crippen LogP contribution >= 0.6 is 0 Å². The summed E-state index contributed by atoms with van der Waals surface area (Å²) in [6.45, 7) is 9.35. The van der Waals surface area contributed by atoms with E-state index in [1.807, 2.05) is 50.4 Å². The van der Waals surface area contributed by atoms with Crippen LogP contribution in [0, 0.1) is 17.2 Å². The Hall–Kier alpha value is -4.94. The van der Waals surface area contributed by atoms with Gasteiger partial charge in [-0.15, -0.1) is 0 Å². The summed E-state index contributed by atoms with van der Waals surface area (Å²) in [6.07, 6.45) is 4.67. The molecule has 216 valence electrons. The van der Waals surface area contributed by atoms with Gasteiger partial charge in [-0.05, 0) is 66.8 Å². The number of nitriles is 1. The number of ether oxygens (including phenoxy) is 2. The number of hydrogen-bond acceptors (Lipinski definition) is 7. The average molecular weight is 566 g/mol. The normalized spacial score (nSPS) is 12.4. The minimum absolute atomic E-state index is 0.251. The van der Waals surface area contributed by atoms with Crippen LogP contribution in [0.4, 0.5) is 5.69 Å². The molecule has 42 heavy (non-hydrogen) atoms. The number of benzene rings is 2. The number of carbonyl (C=O) groups is 2. The lowest BCUT2D eigenvalue weighted by Crippen LogP contribution is -2.34. The molecular weight excluding hydrogens is 530 g/mol.